The lowest BCUT2D eigenvalue weighted by Crippen LogP contribution is -2.55. The summed E-state index contributed by atoms with van der Waals surface area (Å²) in [4.78, 5) is 42.9. The largest absolute Gasteiger partial charge is 0.444 e. The molecule has 0 aliphatic carbocycles. The molecule has 0 aliphatic rings. The zero-order valence-corrected chi connectivity index (χ0v) is 25.3. The van der Waals surface area contributed by atoms with E-state index < -0.39 is 23.8 Å². The Balaban J connectivity index is 2.65. The van der Waals surface area contributed by atoms with Gasteiger partial charge in [0.2, 0.25) is 5.91 Å². The van der Waals surface area contributed by atoms with Crippen LogP contribution in [0.5, 0.6) is 0 Å². The van der Waals surface area contributed by atoms with Gasteiger partial charge in [-0.1, -0.05) is 75.9 Å². The van der Waals surface area contributed by atoms with Crippen molar-refractivity contribution in [2.75, 3.05) is 11.9 Å². The first kappa shape index (κ1) is 32.4. The summed E-state index contributed by atoms with van der Waals surface area (Å²) < 4.78 is 5.48. The van der Waals surface area contributed by atoms with Crippen LogP contribution in [0, 0.1) is 32.1 Å². The number of anilines is 1. The van der Waals surface area contributed by atoms with Crippen LogP contribution in [-0.4, -0.2) is 41.0 Å². The Morgan fingerprint density at radius 3 is 2.20 bits per heavy atom. The van der Waals surface area contributed by atoms with E-state index in [1.54, 1.807) is 37.8 Å². The predicted octanol–water partition coefficient (Wildman–Crippen LogP) is 6.53. The van der Waals surface area contributed by atoms with Gasteiger partial charge < -0.3 is 20.3 Å². The van der Waals surface area contributed by atoms with E-state index in [0.29, 0.717) is 36.2 Å². The molecule has 7 heteroatoms. The number of carbonyl (C=O) groups excluding carboxylic acids is 3. The lowest BCUT2D eigenvalue weighted by Gasteiger charge is -2.36. The van der Waals surface area contributed by atoms with E-state index >= 15 is 0 Å². The molecule has 2 aromatic carbocycles. The van der Waals surface area contributed by atoms with Crippen molar-refractivity contribution in [3.05, 3.63) is 64.7 Å². The maximum atomic E-state index is 14.4. The Kier molecular flexibility index (Phi) is 11.8. The van der Waals surface area contributed by atoms with Gasteiger partial charge in [-0.25, -0.2) is 4.79 Å². The van der Waals surface area contributed by atoms with Crippen molar-refractivity contribution in [3.63, 3.8) is 0 Å². The fraction of sp³-hybridized carbons (Fsp3) is 0.485. The minimum Gasteiger partial charge on any atom is -0.444 e. The summed E-state index contributed by atoms with van der Waals surface area (Å²) >= 11 is 0. The van der Waals surface area contributed by atoms with Gasteiger partial charge in [0.1, 0.15) is 17.7 Å². The highest BCUT2D eigenvalue weighted by atomic mass is 16.6. The SMILES string of the molecule is C#Cc1ccccc1C(C(=O)Nc1c(C)cccc1C)N(CCCC)C(=O)C(NC(=O)OC(C)(C)C)C(C)CC. The molecule has 0 bridgehead atoms. The number of para-hydroxylation sites is 1. The van der Waals surface area contributed by atoms with Gasteiger partial charge >= 0.3 is 6.09 Å². The molecular formula is C33H45N3O4. The molecule has 2 rings (SSSR count). The van der Waals surface area contributed by atoms with E-state index in [1.807, 2.05) is 65.0 Å². The van der Waals surface area contributed by atoms with Gasteiger partial charge in [0.15, 0.2) is 0 Å². The highest BCUT2D eigenvalue weighted by Crippen LogP contribution is 2.30. The van der Waals surface area contributed by atoms with Crippen molar-refractivity contribution in [2.45, 2.75) is 92.3 Å². The number of hydrogen-bond acceptors (Lipinski definition) is 4. The molecule has 0 aromatic heterocycles. The van der Waals surface area contributed by atoms with E-state index in [1.165, 1.54) is 0 Å². The maximum absolute atomic E-state index is 14.4. The lowest BCUT2D eigenvalue weighted by atomic mass is 9.93. The molecule has 0 saturated heterocycles. The van der Waals surface area contributed by atoms with Crippen LogP contribution in [0.2, 0.25) is 0 Å². The lowest BCUT2D eigenvalue weighted by molar-refractivity contribution is -0.142. The van der Waals surface area contributed by atoms with E-state index in [2.05, 4.69) is 16.6 Å². The number of carbonyl (C=O) groups is 3. The van der Waals surface area contributed by atoms with Gasteiger partial charge in [-0.15, -0.1) is 6.42 Å². The summed E-state index contributed by atoms with van der Waals surface area (Å²) in [6.45, 7) is 15.3. The number of unbranched alkanes of at least 4 members (excludes halogenated alkanes) is 1. The van der Waals surface area contributed by atoms with Gasteiger partial charge in [-0.3, -0.25) is 9.59 Å². The quantitative estimate of drug-likeness (QED) is 0.313. The average molecular weight is 548 g/mol. The fourth-order valence-electron chi connectivity index (χ4n) is 4.51. The number of nitrogens with zero attached hydrogens (tertiary/aromatic N) is 1. The Hall–Kier alpha value is -3.79. The molecule has 3 atom stereocenters. The first-order valence-electron chi connectivity index (χ1n) is 14.1. The zero-order valence-electron chi connectivity index (χ0n) is 25.3. The number of ether oxygens (including phenoxy) is 1. The molecule has 3 unspecified atom stereocenters. The summed E-state index contributed by atoms with van der Waals surface area (Å²) in [7, 11) is 0. The third kappa shape index (κ3) is 8.61. The van der Waals surface area contributed by atoms with Crippen LogP contribution in [0.3, 0.4) is 0 Å². The van der Waals surface area contributed by atoms with Gasteiger partial charge in [0, 0.05) is 17.8 Å². The van der Waals surface area contributed by atoms with Gasteiger partial charge in [-0.05, 0) is 69.7 Å². The minimum atomic E-state index is -1.02. The van der Waals surface area contributed by atoms with Gasteiger partial charge in [0.05, 0.1) is 0 Å². The Labute approximate surface area is 240 Å². The predicted molar refractivity (Wildman–Crippen MR) is 161 cm³/mol. The number of aryl methyl sites for hydroxylation is 2. The average Bonchev–Trinajstić information content (AvgIpc) is 2.90. The summed E-state index contributed by atoms with van der Waals surface area (Å²) in [6.07, 6.45) is 7.28. The van der Waals surface area contributed by atoms with E-state index in [4.69, 9.17) is 11.2 Å². The Morgan fingerprint density at radius 2 is 1.65 bits per heavy atom. The molecule has 0 heterocycles. The van der Waals surface area contributed by atoms with E-state index in [9.17, 15) is 14.4 Å². The number of hydrogen-bond donors (Lipinski definition) is 2. The number of amides is 3. The molecule has 0 spiro atoms. The highest BCUT2D eigenvalue weighted by Gasteiger charge is 2.38. The third-order valence-corrected chi connectivity index (χ3v) is 6.89. The maximum Gasteiger partial charge on any atom is 0.408 e. The van der Waals surface area contributed by atoms with Crippen LogP contribution >= 0.6 is 0 Å². The van der Waals surface area contributed by atoms with Crippen molar-refractivity contribution in [3.8, 4) is 12.3 Å². The second kappa shape index (κ2) is 14.6. The van der Waals surface area contributed by atoms with Crippen LogP contribution in [0.4, 0.5) is 10.5 Å². The van der Waals surface area contributed by atoms with Gasteiger partial charge in [0.25, 0.3) is 5.91 Å². The van der Waals surface area contributed by atoms with Crippen LogP contribution < -0.4 is 10.6 Å². The molecule has 3 amide bonds. The normalized spacial score (nSPS) is 13.4. The molecule has 0 saturated carbocycles. The molecule has 216 valence electrons. The highest BCUT2D eigenvalue weighted by molar-refractivity contribution is 6.00. The molecule has 0 fully saturated rings. The van der Waals surface area contributed by atoms with Crippen molar-refractivity contribution in [2.24, 2.45) is 5.92 Å². The first-order chi connectivity index (χ1) is 18.8. The number of terminal acetylenes is 1. The molecule has 0 radical (unpaired) electrons. The summed E-state index contributed by atoms with van der Waals surface area (Å²) in [5.41, 5.74) is 2.87. The number of nitrogens with one attached hydrogen (secondary N) is 2. The fourth-order valence-corrected chi connectivity index (χ4v) is 4.51. The standard InChI is InChI=1S/C33H45N3O4/c1-10-13-21-36(31(38)28(22(4)11-2)35-32(39)40-33(7,8)9)29(26-20-15-14-19-25(26)12-3)30(37)34-27-23(5)17-16-18-24(27)6/h3,14-20,22,28-29H,10-11,13,21H2,1-2,4-9H3,(H,34,37)(H,35,39). The molecular weight excluding hydrogens is 502 g/mol. The Morgan fingerprint density at radius 1 is 1.02 bits per heavy atom. The molecule has 2 aromatic rings. The number of alkyl carbamates (subject to hydrolysis) is 1. The third-order valence-electron chi connectivity index (χ3n) is 6.89. The molecule has 40 heavy (non-hydrogen) atoms. The van der Waals surface area contributed by atoms with Crippen molar-refractivity contribution in [1.82, 2.24) is 10.2 Å². The van der Waals surface area contributed by atoms with Gasteiger partial charge in [-0.2, -0.15) is 0 Å². The van der Waals surface area contributed by atoms with E-state index in [0.717, 1.165) is 17.5 Å². The number of rotatable bonds is 11. The van der Waals surface area contributed by atoms with Crippen LogP contribution in [0.25, 0.3) is 0 Å². The molecule has 2 N–H and O–H groups in total. The summed E-state index contributed by atoms with van der Waals surface area (Å²) in [5.74, 6) is 1.74. The monoisotopic (exact) mass is 547 g/mol. The number of benzene rings is 2. The molecule has 0 aliphatic heterocycles. The summed E-state index contributed by atoms with van der Waals surface area (Å²) in [6, 6.07) is 11.0. The van der Waals surface area contributed by atoms with Crippen LogP contribution in [0.1, 0.15) is 89.1 Å². The smallest absolute Gasteiger partial charge is 0.408 e. The van der Waals surface area contributed by atoms with Crippen LogP contribution in [-0.2, 0) is 14.3 Å². The van der Waals surface area contributed by atoms with Crippen molar-refractivity contribution < 1.29 is 19.1 Å². The van der Waals surface area contributed by atoms with Crippen LogP contribution in [0.15, 0.2) is 42.5 Å². The second-order valence-electron chi connectivity index (χ2n) is 11.3. The van der Waals surface area contributed by atoms with Crippen molar-refractivity contribution >= 4 is 23.6 Å². The van der Waals surface area contributed by atoms with E-state index in [-0.39, 0.29) is 17.7 Å². The Bertz CT molecular complexity index is 1200. The second-order valence-corrected chi connectivity index (χ2v) is 11.3. The summed E-state index contributed by atoms with van der Waals surface area (Å²) in [5, 5.41) is 5.88. The zero-order chi connectivity index (χ0) is 30.0. The minimum absolute atomic E-state index is 0.214. The topological polar surface area (TPSA) is 87.7 Å². The molecule has 7 nitrogen and oxygen atoms in total. The van der Waals surface area contributed by atoms with Crippen molar-refractivity contribution in [1.29, 1.82) is 0 Å². The first-order valence-corrected chi connectivity index (χ1v) is 14.1.